The number of halogens is 1. The van der Waals surface area contributed by atoms with Gasteiger partial charge in [-0.15, -0.1) is 0 Å². The molecule has 0 bridgehead atoms. The van der Waals surface area contributed by atoms with E-state index in [9.17, 15) is 9.59 Å². The third-order valence-electron chi connectivity index (χ3n) is 4.90. The summed E-state index contributed by atoms with van der Waals surface area (Å²) in [6.07, 6.45) is 2.96. The Balaban J connectivity index is 1.76. The van der Waals surface area contributed by atoms with Crippen molar-refractivity contribution >= 4 is 23.4 Å². The third-order valence-corrected chi connectivity index (χ3v) is 5.14. The van der Waals surface area contributed by atoms with Gasteiger partial charge in [-0.25, -0.2) is 0 Å². The SMILES string of the molecule is C=CC(=O)N1CCCC(C(=O)N2CCOCC2c2cccc(Cl)c2)C1. The summed E-state index contributed by atoms with van der Waals surface area (Å²) in [4.78, 5) is 28.6. The maximum Gasteiger partial charge on any atom is 0.245 e. The number of nitrogens with zero attached hydrogens (tertiary/aromatic N) is 2. The fraction of sp³-hybridized carbons (Fsp3) is 0.474. The minimum Gasteiger partial charge on any atom is -0.377 e. The molecule has 2 saturated heterocycles. The molecule has 134 valence electrons. The average Bonchev–Trinajstić information content (AvgIpc) is 2.67. The van der Waals surface area contributed by atoms with E-state index < -0.39 is 0 Å². The van der Waals surface area contributed by atoms with Crippen LogP contribution in [0.25, 0.3) is 0 Å². The van der Waals surface area contributed by atoms with E-state index >= 15 is 0 Å². The van der Waals surface area contributed by atoms with Crippen LogP contribution in [-0.2, 0) is 14.3 Å². The summed E-state index contributed by atoms with van der Waals surface area (Å²) in [6, 6.07) is 7.43. The van der Waals surface area contributed by atoms with Crippen LogP contribution < -0.4 is 0 Å². The van der Waals surface area contributed by atoms with Crippen molar-refractivity contribution in [2.24, 2.45) is 5.92 Å². The van der Waals surface area contributed by atoms with Gasteiger partial charge < -0.3 is 14.5 Å². The van der Waals surface area contributed by atoms with Crippen molar-refractivity contribution in [3.63, 3.8) is 0 Å². The van der Waals surface area contributed by atoms with Crippen molar-refractivity contribution in [2.75, 3.05) is 32.8 Å². The molecule has 2 amide bonds. The number of benzene rings is 1. The highest BCUT2D eigenvalue weighted by Gasteiger charge is 2.35. The molecule has 2 aliphatic rings. The summed E-state index contributed by atoms with van der Waals surface area (Å²) in [5.41, 5.74) is 0.982. The minimum atomic E-state index is -0.169. The summed E-state index contributed by atoms with van der Waals surface area (Å²) < 4.78 is 5.61. The first-order chi connectivity index (χ1) is 12.1. The van der Waals surface area contributed by atoms with E-state index in [-0.39, 0.29) is 23.8 Å². The molecular formula is C19H23ClN2O3. The lowest BCUT2D eigenvalue weighted by Crippen LogP contribution is -2.50. The lowest BCUT2D eigenvalue weighted by molar-refractivity contribution is -0.147. The van der Waals surface area contributed by atoms with Gasteiger partial charge in [0, 0.05) is 24.7 Å². The number of ether oxygens (including phenoxy) is 1. The fourth-order valence-electron chi connectivity index (χ4n) is 3.60. The van der Waals surface area contributed by atoms with E-state index in [0.717, 1.165) is 18.4 Å². The van der Waals surface area contributed by atoms with Crippen molar-refractivity contribution in [3.8, 4) is 0 Å². The van der Waals surface area contributed by atoms with E-state index in [4.69, 9.17) is 16.3 Å². The maximum atomic E-state index is 13.2. The summed E-state index contributed by atoms with van der Waals surface area (Å²) >= 11 is 6.11. The lowest BCUT2D eigenvalue weighted by atomic mass is 9.94. The van der Waals surface area contributed by atoms with Crippen LogP contribution in [0.2, 0.25) is 5.02 Å². The van der Waals surface area contributed by atoms with Crippen LogP contribution in [-0.4, -0.2) is 54.5 Å². The summed E-state index contributed by atoms with van der Waals surface area (Å²) in [5, 5.41) is 0.649. The number of hydrogen-bond acceptors (Lipinski definition) is 3. The molecule has 25 heavy (non-hydrogen) atoms. The van der Waals surface area contributed by atoms with Gasteiger partial charge >= 0.3 is 0 Å². The monoisotopic (exact) mass is 362 g/mol. The molecule has 1 aromatic rings. The first kappa shape index (κ1) is 18.0. The number of amides is 2. The Hall–Kier alpha value is -1.85. The molecule has 0 aliphatic carbocycles. The Morgan fingerprint density at radius 3 is 2.92 bits per heavy atom. The van der Waals surface area contributed by atoms with Crippen LogP contribution in [0.1, 0.15) is 24.4 Å². The van der Waals surface area contributed by atoms with Crippen LogP contribution in [0.3, 0.4) is 0 Å². The number of hydrogen-bond donors (Lipinski definition) is 0. The van der Waals surface area contributed by atoms with Crippen LogP contribution in [0, 0.1) is 5.92 Å². The van der Waals surface area contributed by atoms with Gasteiger partial charge in [0.15, 0.2) is 0 Å². The molecule has 2 aliphatic heterocycles. The number of morpholine rings is 1. The van der Waals surface area contributed by atoms with Crippen molar-refractivity contribution in [1.29, 1.82) is 0 Å². The largest absolute Gasteiger partial charge is 0.377 e. The molecule has 5 nitrogen and oxygen atoms in total. The second-order valence-electron chi connectivity index (χ2n) is 6.50. The highest BCUT2D eigenvalue weighted by atomic mass is 35.5. The molecule has 2 atom stereocenters. The number of rotatable bonds is 3. The quantitative estimate of drug-likeness (QED) is 0.777. The van der Waals surface area contributed by atoms with Gasteiger partial charge in [0.05, 0.1) is 25.2 Å². The zero-order chi connectivity index (χ0) is 17.8. The predicted molar refractivity (Wildman–Crippen MR) is 96.2 cm³/mol. The lowest BCUT2D eigenvalue weighted by Gasteiger charge is -2.40. The molecule has 0 saturated carbocycles. The van der Waals surface area contributed by atoms with Crippen LogP contribution >= 0.6 is 11.6 Å². The summed E-state index contributed by atoms with van der Waals surface area (Å²) in [6.45, 7) is 6.25. The smallest absolute Gasteiger partial charge is 0.245 e. The second kappa shape index (κ2) is 8.02. The molecule has 3 rings (SSSR count). The summed E-state index contributed by atoms with van der Waals surface area (Å²) in [5.74, 6) is -0.182. The molecule has 6 heteroatoms. The molecule has 2 heterocycles. The van der Waals surface area contributed by atoms with Gasteiger partial charge in [0.1, 0.15) is 0 Å². The van der Waals surface area contributed by atoms with Crippen molar-refractivity contribution in [3.05, 3.63) is 47.5 Å². The Morgan fingerprint density at radius 1 is 1.32 bits per heavy atom. The van der Waals surface area contributed by atoms with E-state index in [1.807, 2.05) is 29.2 Å². The molecule has 0 N–H and O–H groups in total. The number of carbonyl (C=O) groups excluding carboxylic acids is 2. The highest BCUT2D eigenvalue weighted by Crippen LogP contribution is 2.29. The standard InChI is InChI=1S/C19H23ClN2O3/c1-2-18(23)21-8-4-6-15(12-21)19(24)22-9-10-25-13-17(22)14-5-3-7-16(20)11-14/h2-3,5,7,11,15,17H,1,4,6,8-10,12-13H2. The minimum absolute atomic E-state index is 0.0924. The average molecular weight is 363 g/mol. The van der Waals surface area contributed by atoms with Crippen molar-refractivity contribution in [1.82, 2.24) is 9.80 Å². The summed E-state index contributed by atoms with van der Waals surface area (Å²) in [7, 11) is 0. The van der Waals surface area contributed by atoms with E-state index in [1.54, 1.807) is 4.90 Å². The first-order valence-electron chi connectivity index (χ1n) is 8.65. The molecule has 2 unspecified atom stereocenters. The molecular weight excluding hydrogens is 340 g/mol. The van der Waals surface area contributed by atoms with E-state index in [0.29, 0.717) is 37.9 Å². The number of piperidine rings is 1. The van der Waals surface area contributed by atoms with Gasteiger partial charge in [0.25, 0.3) is 0 Å². The van der Waals surface area contributed by atoms with Gasteiger partial charge in [-0.1, -0.05) is 30.3 Å². The Bertz CT molecular complexity index is 664. The normalized spacial score (nSPS) is 24.0. The van der Waals surface area contributed by atoms with E-state index in [1.165, 1.54) is 6.08 Å². The number of carbonyl (C=O) groups is 2. The second-order valence-corrected chi connectivity index (χ2v) is 6.94. The van der Waals surface area contributed by atoms with Crippen LogP contribution in [0.15, 0.2) is 36.9 Å². The first-order valence-corrected chi connectivity index (χ1v) is 9.03. The number of likely N-dealkylation sites (tertiary alicyclic amines) is 1. The highest BCUT2D eigenvalue weighted by molar-refractivity contribution is 6.30. The van der Waals surface area contributed by atoms with Crippen molar-refractivity contribution in [2.45, 2.75) is 18.9 Å². The van der Waals surface area contributed by atoms with Gasteiger partial charge in [0.2, 0.25) is 11.8 Å². The Labute approximate surface area is 153 Å². The molecule has 0 radical (unpaired) electrons. The zero-order valence-electron chi connectivity index (χ0n) is 14.2. The van der Waals surface area contributed by atoms with Gasteiger partial charge in [-0.2, -0.15) is 0 Å². The molecule has 0 aromatic heterocycles. The zero-order valence-corrected chi connectivity index (χ0v) is 15.0. The van der Waals surface area contributed by atoms with E-state index in [2.05, 4.69) is 6.58 Å². The molecule has 0 spiro atoms. The predicted octanol–water partition coefficient (Wildman–Crippen LogP) is 2.66. The van der Waals surface area contributed by atoms with Gasteiger partial charge in [-0.3, -0.25) is 9.59 Å². The molecule has 1 aromatic carbocycles. The Kier molecular flexibility index (Phi) is 5.76. The van der Waals surface area contributed by atoms with Crippen molar-refractivity contribution < 1.29 is 14.3 Å². The third kappa shape index (κ3) is 4.05. The maximum absolute atomic E-state index is 13.2. The van der Waals surface area contributed by atoms with Gasteiger partial charge in [-0.05, 0) is 36.6 Å². The fourth-order valence-corrected chi connectivity index (χ4v) is 3.80. The van der Waals surface area contributed by atoms with Crippen LogP contribution in [0.5, 0.6) is 0 Å². The van der Waals surface area contributed by atoms with Crippen LogP contribution in [0.4, 0.5) is 0 Å². The Morgan fingerprint density at radius 2 is 2.16 bits per heavy atom. The molecule has 2 fully saturated rings. The topological polar surface area (TPSA) is 49.9 Å².